The summed E-state index contributed by atoms with van der Waals surface area (Å²) in [4.78, 5) is 20.4. The number of hydrogen-bond donors (Lipinski definition) is 3. The van der Waals surface area contributed by atoms with Crippen LogP contribution in [-0.4, -0.2) is 47.4 Å². The van der Waals surface area contributed by atoms with Crippen molar-refractivity contribution in [2.24, 2.45) is 5.73 Å². The topological polar surface area (TPSA) is 102 Å². The first-order valence-electron chi connectivity index (χ1n) is 12.0. The summed E-state index contributed by atoms with van der Waals surface area (Å²) in [5, 5.41) is 5.82. The standard InChI is InChI=1S/C26H25F6N5O2/c27-25(28,29)24(26(30,31)32,39-15-19-2-1-10-35-19)18-5-3-17(4-6-18)20-9-13-36-23(21(20)22(33)38)37-14-16-7-11-34-12-8-16/h3-9,11-13,19,35H,1-2,10,14-15H2,(H2,33,38)(H,36,37). The van der Waals surface area contributed by atoms with E-state index in [2.05, 4.69) is 20.6 Å². The number of aromatic nitrogens is 2. The second kappa shape index (κ2) is 11.2. The number of nitrogens with zero attached hydrogens (tertiary/aromatic N) is 2. The van der Waals surface area contributed by atoms with Gasteiger partial charge in [0, 0.05) is 36.7 Å². The van der Waals surface area contributed by atoms with E-state index in [1.165, 1.54) is 12.3 Å². The Bertz CT molecular complexity index is 1260. The molecule has 1 aliphatic heterocycles. The molecule has 1 amide bonds. The molecule has 1 aromatic carbocycles. The number of nitrogens with one attached hydrogen (secondary N) is 2. The number of benzene rings is 1. The maximum absolute atomic E-state index is 14.2. The molecule has 0 saturated carbocycles. The van der Waals surface area contributed by atoms with Crippen molar-refractivity contribution < 1.29 is 35.9 Å². The highest BCUT2D eigenvalue weighted by atomic mass is 19.4. The van der Waals surface area contributed by atoms with Gasteiger partial charge in [0.25, 0.3) is 11.5 Å². The van der Waals surface area contributed by atoms with Crippen LogP contribution >= 0.6 is 0 Å². The first kappa shape index (κ1) is 28.3. The first-order chi connectivity index (χ1) is 18.4. The molecule has 1 saturated heterocycles. The van der Waals surface area contributed by atoms with Gasteiger partial charge < -0.3 is 21.1 Å². The van der Waals surface area contributed by atoms with Crippen molar-refractivity contribution in [3.05, 3.63) is 77.7 Å². The van der Waals surface area contributed by atoms with E-state index < -0.39 is 42.1 Å². The Morgan fingerprint density at radius 3 is 2.23 bits per heavy atom. The normalized spacial score (nSPS) is 16.3. The number of alkyl halides is 6. The number of amides is 1. The van der Waals surface area contributed by atoms with Crippen molar-refractivity contribution in [1.29, 1.82) is 0 Å². The maximum Gasteiger partial charge on any atom is 0.430 e. The highest BCUT2D eigenvalue weighted by Gasteiger charge is 2.73. The molecule has 39 heavy (non-hydrogen) atoms. The van der Waals surface area contributed by atoms with Crippen LogP contribution in [-0.2, 0) is 16.9 Å². The summed E-state index contributed by atoms with van der Waals surface area (Å²) in [5.41, 5.74) is 1.01. The van der Waals surface area contributed by atoms with Gasteiger partial charge in [0.2, 0.25) is 0 Å². The lowest BCUT2D eigenvalue weighted by atomic mass is 9.89. The van der Waals surface area contributed by atoms with E-state index in [-0.39, 0.29) is 29.1 Å². The SMILES string of the molecule is NC(=O)c1c(-c2ccc(C(OCC3CCCN3)(C(F)(F)F)C(F)(F)F)cc2)ccnc1NCc1ccncc1. The van der Waals surface area contributed by atoms with Gasteiger partial charge in [0.1, 0.15) is 5.82 Å². The molecule has 2 aromatic heterocycles. The molecular formula is C26H25F6N5O2. The van der Waals surface area contributed by atoms with Crippen LogP contribution in [0.1, 0.15) is 34.3 Å². The number of hydrogen-bond acceptors (Lipinski definition) is 6. The molecule has 13 heteroatoms. The maximum atomic E-state index is 14.2. The summed E-state index contributed by atoms with van der Waals surface area (Å²) in [7, 11) is 0. The van der Waals surface area contributed by atoms with Gasteiger partial charge in [0.15, 0.2) is 0 Å². The van der Waals surface area contributed by atoms with Crippen LogP contribution in [0.25, 0.3) is 11.1 Å². The number of carbonyl (C=O) groups is 1. The third-order valence-electron chi connectivity index (χ3n) is 6.47. The van der Waals surface area contributed by atoms with Crippen LogP contribution < -0.4 is 16.4 Å². The third kappa shape index (κ3) is 5.83. The molecule has 208 valence electrons. The lowest BCUT2D eigenvalue weighted by molar-refractivity contribution is -0.390. The van der Waals surface area contributed by atoms with Crippen LogP contribution in [0.15, 0.2) is 61.1 Å². The summed E-state index contributed by atoms with van der Waals surface area (Å²) < 4.78 is 89.6. The number of primary amides is 1. The van der Waals surface area contributed by atoms with Crippen molar-refractivity contribution in [1.82, 2.24) is 15.3 Å². The molecule has 7 nitrogen and oxygen atoms in total. The fourth-order valence-corrected chi connectivity index (χ4v) is 4.52. The van der Waals surface area contributed by atoms with Crippen molar-refractivity contribution in [2.45, 2.75) is 43.4 Å². The fourth-order valence-electron chi connectivity index (χ4n) is 4.52. The van der Waals surface area contributed by atoms with Crippen LogP contribution in [0.5, 0.6) is 0 Å². The van der Waals surface area contributed by atoms with E-state index in [4.69, 9.17) is 10.5 Å². The van der Waals surface area contributed by atoms with Gasteiger partial charge >= 0.3 is 12.4 Å². The second-order valence-electron chi connectivity index (χ2n) is 9.01. The minimum absolute atomic E-state index is 0.0687. The number of anilines is 1. The third-order valence-corrected chi connectivity index (χ3v) is 6.47. The highest BCUT2D eigenvalue weighted by molar-refractivity contribution is 6.04. The highest BCUT2D eigenvalue weighted by Crippen LogP contribution is 2.53. The minimum Gasteiger partial charge on any atom is -0.365 e. The average molecular weight is 554 g/mol. The summed E-state index contributed by atoms with van der Waals surface area (Å²) in [5.74, 6) is -0.778. The minimum atomic E-state index is -5.80. The molecule has 1 fully saturated rings. The van der Waals surface area contributed by atoms with Gasteiger partial charge in [-0.25, -0.2) is 4.98 Å². The van der Waals surface area contributed by atoms with Gasteiger partial charge in [-0.1, -0.05) is 24.3 Å². The van der Waals surface area contributed by atoms with Gasteiger partial charge in [0.05, 0.1) is 12.2 Å². The molecule has 1 unspecified atom stereocenters. The monoisotopic (exact) mass is 553 g/mol. The second-order valence-corrected chi connectivity index (χ2v) is 9.01. The number of pyridine rings is 2. The molecule has 4 N–H and O–H groups in total. The smallest absolute Gasteiger partial charge is 0.365 e. The Kier molecular flexibility index (Phi) is 8.12. The number of carbonyl (C=O) groups excluding carboxylic acids is 1. The zero-order valence-corrected chi connectivity index (χ0v) is 20.4. The lowest BCUT2D eigenvalue weighted by Crippen LogP contribution is -2.57. The van der Waals surface area contributed by atoms with E-state index in [0.717, 1.165) is 17.7 Å². The van der Waals surface area contributed by atoms with Crippen molar-refractivity contribution in [2.75, 3.05) is 18.5 Å². The molecule has 3 aromatic rings. The van der Waals surface area contributed by atoms with Crippen LogP contribution in [0.3, 0.4) is 0 Å². The first-order valence-corrected chi connectivity index (χ1v) is 12.0. The predicted molar refractivity (Wildman–Crippen MR) is 131 cm³/mol. The molecule has 1 atom stereocenters. The summed E-state index contributed by atoms with van der Waals surface area (Å²) in [6.45, 7) is -0.0319. The Morgan fingerprint density at radius 1 is 1.00 bits per heavy atom. The summed E-state index contributed by atoms with van der Waals surface area (Å²) >= 11 is 0. The summed E-state index contributed by atoms with van der Waals surface area (Å²) in [6, 6.07) is 7.77. The Labute approximate surface area is 219 Å². The van der Waals surface area contributed by atoms with E-state index >= 15 is 0 Å². The predicted octanol–water partition coefficient (Wildman–Crippen LogP) is 4.94. The molecule has 4 rings (SSSR count). The average Bonchev–Trinajstić information content (AvgIpc) is 3.40. The van der Waals surface area contributed by atoms with Gasteiger partial charge in [-0.2, -0.15) is 26.3 Å². The quantitative estimate of drug-likeness (QED) is 0.325. The van der Waals surface area contributed by atoms with E-state index in [0.29, 0.717) is 31.5 Å². The zero-order valence-electron chi connectivity index (χ0n) is 20.4. The van der Waals surface area contributed by atoms with Crippen molar-refractivity contribution in [3.8, 4) is 11.1 Å². The van der Waals surface area contributed by atoms with E-state index in [1.807, 2.05) is 0 Å². The molecule has 0 spiro atoms. The Morgan fingerprint density at radius 2 is 1.67 bits per heavy atom. The van der Waals surface area contributed by atoms with Crippen LogP contribution in [0.4, 0.5) is 32.2 Å². The molecule has 0 bridgehead atoms. The zero-order chi connectivity index (χ0) is 28.3. The molecular weight excluding hydrogens is 528 g/mol. The largest absolute Gasteiger partial charge is 0.430 e. The molecule has 1 aliphatic rings. The summed E-state index contributed by atoms with van der Waals surface area (Å²) in [6.07, 6.45) is -6.07. The van der Waals surface area contributed by atoms with E-state index in [1.54, 1.807) is 24.5 Å². The van der Waals surface area contributed by atoms with Gasteiger partial charge in [-0.05, 0) is 54.3 Å². The van der Waals surface area contributed by atoms with Crippen LogP contribution in [0, 0.1) is 0 Å². The van der Waals surface area contributed by atoms with Crippen LogP contribution in [0.2, 0.25) is 0 Å². The molecule has 0 radical (unpaired) electrons. The number of ether oxygens (including phenoxy) is 1. The van der Waals surface area contributed by atoms with Crippen molar-refractivity contribution >= 4 is 11.7 Å². The van der Waals surface area contributed by atoms with Crippen molar-refractivity contribution in [3.63, 3.8) is 0 Å². The Balaban J connectivity index is 1.70. The molecule has 3 heterocycles. The molecule has 0 aliphatic carbocycles. The lowest BCUT2D eigenvalue weighted by Gasteiger charge is -2.38. The Hall–Kier alpha value is -3.71. The fraction of sp³-hybridized carbons (Fsp3) is 0.346. The van der Waals surface area contributed by atoms with Gasteiger partial charge in [-0.15, -0.1) is 0 Å². The van der Waals surface area contributed by atoms with E-state index in [9.17, 15) is 31.1 Å². The number of halogens is 6. The number of rotatable bonds is 9. The van der Waals surface area contributed by atoms with Gasteiger partial charge in [-0.3, -0.25) is 9.78 Å². The number of nitrogens with two attached hydrogens (primary N) is 1.